The Hall–Kier alpha value is 0.400. The van der Waals surface area contributed by atoms with Crippen LogP contribution in [0.5, 0.6) is 0 Å². The van der Waals surface area contributed by atoms with Crippen LogP contribution in [0.2, 0.25) is 0 Å². The van der Waals surface area contributed by atoms with Gasteiger partial charge in [-0.2, -0.15) is 0 Å². The second-order valence-electron chi connectivity index (χ2n) is 3.98. The summed E-state index contributed by atoms with van der Waals surface area (Å²) in [5, 5.41) is 0. The standard InChI is InChI=1S/C11H19IO/c12-10-6-3-1-2-4-8-11(13)9-5-7-10/h10H,1-9H2. The fourth-order valence-electron chi connectivity index (χ4n) is 1.83. The Labute approximate surface area is 94.8 Å². The molecular weight excluding hydrogens is 275 g/mol. The molecule has 0 bridgehead atoms. The molecule has 0 heterocycles. The molecule has 13 heavy (non-hydrogen) atoms. The zero-order chi connectivity index (χ0) is 9.52. The largest absolute Gasteiger partial charge is 0.300 e. The number of carbonyl (C=O) groups excluding carboxylic acids is 1. The minimum absolute atomic E-state index is 0.491. The Kier molecular flexibility index (Phi) is 6.00. The molecule has 0 N–H and O–H groups in total. The van der Waals surface area contributed by atoms with E-state index in [-0.39, 0.29) is 0 Å². The van der Waals surface area contributed by atoms with Crippen LogP contribution in [0.25, 0.3) is 0 Å². The number of carbonyl (C=O) groups is 1. The molecule has 1 fully saturated rings. The van der Waals surface area contributed by atoms with E-state index in [0.29, 0.717) is 5.78 Å². The second kappa shape index (κ2) is 6.80. The zero-order valence-electron chi connectivity index (χ0n) is 8.23. The molecule has 0 spiro atoms. The Morgan fingerprint density at radius 3 is 2.38 bits per heavy atom. The predicted molar refractivity (Wildman–Crippen MR) is 64.4 cm³/mol. The molecule has 0 amide bonds. The molecule has 0 aromatic carbocycles. The van der Waals surface area contributed by atoms with Crippen molar-refractivity contribution in [2.45, 2.75) is 61.7 Å². The minimum atomic E-state index is 0.491. The fourth-order valence-corrected chi connectivity index (χ4v) is 2.71. The van der Waals surface area contributed by atoms with E-state index in [9.17, 15) is 4.79 Å². The molecule has 0 saturated heterocycles. The van der Waals surface area contributed by atoms with Crippen molar-refractivity contribution in [3.63, 3.8) is 0 Å². The van der Waals surface area contributed by atoms with Gasteiger partial charge in [0.2, 0.25) is 0 Å². The number of halogens is 1. The van der Waals surface area contributed by atoms with Crippen molar-refractivity contribution in [1.82, 2.24) is 0 Å². The summed E-state index contributed by atoms with van der Waals surface area (Å²) in [5.74, 6) is 0.491. The molecule has 0 aliphatic heterocycles. The van der Waals surface area contributed by atoms with Gasteiger partial charge < -0.3 is 0 Å². The highest BCUT2D eigenvalue weighted by Crippen LogP contribution is 2.20. The predicted octanol–water partition coefficient (Wildman–Crippen LogP) is 3.88. The van der Waals surface area contributed by atoms with Crippen LogP contribution in [0.3, 0.4) is 0 Å². The third-order valence-electron chi connectivity index (χ3n) is 2.70. The average Bonchev–Trinajstić information content (AvgIpc) is 2.13. The van der Waals surface area contributed by atoms with Gasteiger partial charge in [-0.15, -0.1) is 0 Å². The molecule has 1 rings (SSSR count). The number of alkyl halides is 1. The van der Waals surface area contributed by atoms with E-state index in [1.54, 1.807) is 0 Å². The van der Waals surface area contributed by atoms with Gasteiger partial charge in [-0.05, 0) is 25.7 Å². The zero-order valence-corrected chi connectivity index (χ0v) is 10.4. The molecule has 1 saturated carbocycles. The maximum absolute atomic E-state index is 11.3. The molecule has 1 atom stereocenters. The molecule has 2 heteroatoms. The summed E-state index contributed by atoms with van der Waals surface area (Å²) < 4.78 is 0.809. The average molecular weight is 294 g/mol. The van der Waals surface area contributed by atoms with Crippen molar-refractivity contribution in [3.05, 3.63) is 0 Å². The summed E-state index contributed by atoms with van der Waals surface area (Å²) in [6.07, 6.45) is 10.5. The second-order valence-corrected chi connectivity index (χ2v) is 5.74. The van der Waals surface area contributed by atoms with Crippen LogP contribution < -0.4 is 0 Å². The Bertz CT molecular complexity index is 156. The third-order valence-corrected chi connectivity index (χ3v) is 3.94. The smallest absolute Gasteiger partial charge is 0.132 e. The van der Waals surface area contributed by atoms with Crippen LogP contribution in [0.1, 0.15) is 57.8 Å². The van der Waals surface area contributed by atoms with E-state index >= 15 is 0 Å². The highest BCUT2D eigenvalue weighted by molar-refractivity contribution is 14.1. The van der Waals surface area contributed by atoms with Crippen molar-refractivity contribution in [2.24, 2.45) is 0 Å². The summed E-state index contributed by atoms with van der Waals surface area (Å²) in [6.45, 7) is 0. The van der Waals surface area contributed by atoms with E-state index < -0.39 is 0 Å². The molecule has 1 aliphatic carbocycles. The lowest BCUT2D eigenvalue weighted by Gasteiger charge is -2.07. The van der Waals surface area contributed by atoms with Gasteiger partial charge in [0.05, 0.1) is 0 Å². The lowest BCUT2D eigenvalue weighted by atomic mass is 10.1. The number of ketones is 1. The maximum Gasteiger partial charge on any atom is 0.132 e. The fraction of sp³-hybridized carbons (Fsp3) is 0.909. The van der Waals surface area contributed by atoms with Gasteiger partial charge >= 0.3 is 0 Å². The van der Waals surface area contributed by atoms with Gasteiger partial charge in [-0.1, -0.05) is 41.9 Å². The van der Waals surface area contributed by atoms with Crippen LogP contribution in [0.15, 0.2) is 0 Å². The molecule has 76 valence electrons. The lowest BCUT2D eigenvalue weighted by molar-refractivity contribution is -0.119. The maximum atomic E-state index is 11.3. The van der Waals surface area contributed by atoms with Crippen LogP contribution >= 0.6 is 22.6 Å². The Morgan fingerprint density at radius 1 is 0.923 bits per heavy atom. The first-order valence-electron chi connectivity index (χ1n) is 5.45. The van der Waals surface area contributed by atoms with Gasteiger partial charge in [0, 0.05) is 16.8 Å². The van der Waals surface area contributed by atoms with Crippen LogP contribution in [0.4, 0.5) is 0 Å². The van der Waals surface area contributed by atoms with Crippen molar-refractivity contribution in [1.29, 1.82) is 0 Å². The van der Waals surface area contributed by atoms with E-state index in [4.69, 9.17) is 0 Å². The van der Waals surface area contributed by atoms with Gasteiger partial charge in [0.15, 0.2) is 0 Å². The topological polar surface area (TPSA) is 17.1 Å². The number of hydrogen-bond acceptors (Lipinski definition) is 1. The van der Waals surface area contributed by atoms with Crippen molar-refractivity contribution >= 4 is 28.4 Å². The van der Waals surface area contributed by atoms with E-state index in [1.165, 1.54) is 32.1 Å². The normalized spacial score (nSPS) is 28.1. The number of hydrogen-bond donors (Lipinski definition) is 0. The number of rotatable bonds is 0. The number of Topliss-reactive ketones (excluding diaryl/α,β-unsaturated/α-hetero) is 1. The van der Waals surface area contributed by atoms with Gasteiger partial charge in [-0.25, -0.2) is 0 Å². The van der Waals surface area contributed by atoms with Crippen molar-refractivity contribution in [3.8, 4) is 0 Å². The van der Waals surface area contributed by atoms with Crippen molar-refractivity contribution in [2.75, 3.05) is 0 Å². The van der Waals surface area contributed by atoms with Crippen LogP contribution in [-0.2, 0) is 4.79 Å². The van der Waals surface area contributed by atoms with Crippen LogP contribution in [-0.4, -0.2) is 9.71 Å². The summed E-state index contributed by atoms with van der Waals surface area (Å²) in [4.78, 5) is 11.3. The van der Waals surface area contributed by atoms with Gasteiger partial charge in [-0.3, -0.25) is 4.79 Å². The Balaban J connectivity index is 2.27. The van der Waals surface area contributed by atoms with Gasteiger partial charge in [0.25, 0.3) is 0 Å². The van der Waals surface area contributed by atoms with E-state index in [1.807, 2.05) is 0 Å². The molecule has 0 radical (unpaired) electrons. The monoisotopic (exact) mass is 294 g/mol. The third kappa shape index (κ3) is 5.66. The summed E-state index contributed by atoms with van der Waals surface area (Å²) in [5.41, 5.74) is 0. The first kappa shape index (κ1) is 11.5. The highest BCUT2D eigenvalue weighted by atomic mass is 127. The first-order valence-corrected chi connectivity index (χ1v) is 6.69. The summed E-state index contributed by atoms with van der Waals surface area (Å²) in [7, 11) is 0. The van der Waals surface area contributed by atoms with Crippen molar-refractivity contribution < 1.29 is 4.79 Å². The molecule has 1 unspecified atom stereocenters. The van der Waals surface area contributed by atoms with Gasteiger partial charge in [0.1, 0.15) is 5.78 Å². The quantitative estimate of drug-likeness (QED) is 0.489. The van der Waals surface area contributed by atoms with E-state index in [0.717, 1.165) is 29.6 Å². The Morgan fingerprint density at radius 2 is 1.54 bits per heavy atom. The molecule has 1 nitrogen and oxygen atoms in total. The highest BCUT2D eigenvalue weighted by Gasteiger charge is 2.08. The summed E-state index contributed by atoms with van der Waals surface area (Å²) in [6, 6.07) is 0. The minimum Gasteiger partial charge on any atom is -0.300 e. The molecule has 0 aromatic rings. The first-order chi connectivity index (χ1) is 6.29. The molecular formula is C11H19IO. The van der Waals surface area contributed by atoms with Crippen LogP contribution in [0, 0.1) is 0 Å². The SMILES string of the molecule is O=C1CCCCCCC(I)CCC1. The summed E-state index contributed by atoms with van der Waals surface area (Å²) >= 11 is 2.54. The van der Waals surface area contributed by atoms with E-state index in [2.05, 4.69) is 22.6 Å². The molecule has 0 aromatic heterocycles. The molecule has 1 aliphatic rings. The lowest BCUT2D eigenvalue weighted by Crippen LogP contribution is -2.00.